The first-order chi connectivity index (χ1) is 4.12. The Morgan fingerprint density at radius 2 is 2.11 bits per heavy atom. The van der Waals surface area contributed by atoms with Gasteiger partial charge < -0.3 is 5.73 Å². The zero-order chi connectivity index (χ0) is 7.33. The minimum atomic E-state index is 0.240. The van der Waals surface area contributed by atoms with Crippen molar-refractivity contribution < 1.29 is 0 Å². The van der Waals surface area contributed by atoms with Gasteiger partial charge in [0.25, 0.3) is 0 Å². The molecular formula is C8H15N. The molecule has 0 amide bonds. The van der Waals surface area contributed by atoms with E-state index in [1.165, 1.54) is 0 Å². The lowest BCUT2D eigenvalue weighted by atomic mass is 9.86. The monoisotopic (exact) mass is 125 g/mol. The van der Waals surface area contributed by atoms with Gasteiger partial charge in [0.15, 0.2) is 0 Å². The molecule has 1 heteroatoms. The summed E-state index contributed by atoms with van der Waals surface area (Å²) in [6.07, 6.45) is 6.99. The highest BCUT2D eigenvalue weighted by molar-refractivity contribution is 4.90. The van der Waals surface area contributed by atoms with Gasteiger partial charge >= 0.3 is 0 Å². The predicted octanol–water partition coefficient (Wildman–Crippen LogP) is 1.38. The molecule has 0 aromatic carbocycles. The molecule has 0 atom stereocenters. The molecule has 0 rings (SSSR count). The molecule has 9 heavy (non-hydrogen) atoms. The average molecular weight is 125 g/mol. The second kappa shape index (κ2) is 3.53. The second-order valence-corrected chi connectivity index (χ2v) is 3.08. The summed E-state index contributed by atoms with van der Waals surface area (Å²) in [5.74, 6) is 2.64. The molecule has 0 radical (unpaired) electrons. The summed E-state index contributed by atoms with van der Waals surface area (Å²) in [6, 6.07) is 0. The van der Waals surface area contributed by atoms with Crippen LogP contribution >= 0.6 is 0 Å². The molecule has 0 aliphatic rings. The van der Waals surface area contributed by atoms with E-state index < -0.39 is 0 Å². The average Bonchev–Trinajstić information content (AvgIpc) is 1.64. The maximum atomic E-state index is 5.38. The quantitative estimate of drug-likeness (QED) is 0.567. The second-order valence-electron chi connectivity index (χ2n) is 3.08. The fourth-order valence-electron chi connectivity index (χ4n) is 0.755. The highest BCUT2D eigenvalue weighted by Gasteiger charge is 2.13. The molecular weight excluding hydrogens is 110 g/mol. The lowest BCUT2D eigenvalue weighted by Crippen LogP contribution is -2.15. The Morgan fingerprint density at radius 3 is 2.44 bits per heavy atom. The van der Waals surface area contributed by atoms with Crippen LogP contribution in [0.2, 0.25) is 0 Å². The van der Waals surface area contributed by atoms with Gasteiger partial charge in [-0.1, -0.05) is 13.8 Å². The molecule has 0 aromatic heterocycles. The van der Waals surface area contributed by atoms with Crippen LogP contribution in [0.5, 0.6) is 0 Å². The van der Waals surface area contributed by atoms with Gasteiger partial charge in [-0.15, -0.1) is 12.3 Å². The van der Waals surface area contributed by atoms with E-state index in [0.717, 1.165) is 19.4 Å². The Hall–Kier alpha value is -0.480. The summed E-state index contributed by atoms with van der Waals surface area (Å²) in [5.41, 5.74) is 5.62. The zero-order valence-corrected chi connectivity index (χ0v) is 6.28. The van der Waals surface area contributed by atoms with Crippen LogP contribution in [-0.2, 0) is 0 Å². The van der Waals surface area contributed by atoms with Crippen molar-refractivity contribution in [1.82, 2.24) is 0 Å². The van der Waals surface area contributed by atoms with Gasteiger partial charge in [0.2, 0.25) is 0 Å². The van der Waals surface area contributed by atoms with Crippen LogP contribution < -0.4 is 5.73 Å². The van der Waals surface area contributed by atoms with Gasteiger partial charge in [0, 0.05) is 6.42 Å². The van der Waals surface area contributed by atoms with Gasteiger partial charge in [0.05, 0.1) is 0 Å². The predicted molar refractivity (Wildman–Crippen MR) is 40.9 cm³/mol. The van der Waals surface area contributed by atoms with Gasteiger partial charge in [-0.2, -0.15) is 0 Å². The number of hydrogen-bond acceptors (Lipinski definition) is 1. The van der Waals surface area contributed by atoms with Crippen molar-refractivity contribution in [2.75, 3.05) is 6.54 Å². The number of hydrogen-bond donors (Lipinski definition) is 1. The smallest absolute Gasteiger partial charge is 0.0138 e. The fraction of sp³-hybridized carbons (Fsp3) is 0.750. The van der Waals surface area contributed by atoms with Crippen LogP contribution in [-0.4, -0.2) is 6.54 Å². The van der Waals surface area contributed by atoms with Gasteiger partial charge in [-0.3, -0.25) is 0 Å². The first-order valence-corrected chi connectivity index (χ1v) is 3.26. The molecule has 0 fully saturated rings. The highest BCUT2D eigenvalue weighted by atomic mass is 14.5. The first kappa shape index (κ1) is 8.52. The standard InChI is InChI=1S/C8H15N/c1-4-5-8(2,3)6-7-9/h1H,5-7,9H2,2-3H3. The van der Waals surface area contributed by atoms with Gasteiger partial charge in [0.1, 0.15) is 0 Å². The summed E-state index contributed by atoms with van der Waals surface area (Å²) < 4.78 is 0. The molecule has 0 bridgehead atoms. The number of nitrogens with two attached hydrogens (primary N) is 1. The largest absolute Gasteiger partial charge is 0.330 e. The van der Waals surface area contributed by atoms with E-state index in [4.69, 9.17) is 12.2 Å². The van der Waals surface area contributed by atoms with Crippen LogP contribution in [0.4, 0.5) is 0 Å². The summed E-state index contributed by atoms with van der Waals surface area (Å²) >= 11 is 0. The maximum Gasteiger partial charge on any atom is 0.0138 e. The van der Waals surface area contributed by atoms with E-state index in [1.54, 1.807) is 0 Å². The lowest BCUT2D eigenvalue weighted by Gasteiger charge is -2.19. The Kier molecular flexibility index (Phi) is 3.34. The van der Waals surface area contributed by atoms with E-state index in [9.17, 15) is 0 Å². The van der Waals surface area contributed by atoms with Crippen LogP contribution in [0.15, 0.2) is 0 Å². The summed E-state index contributed by atoms with van der Waals surface area (Å²) in [6.45, 7) is 5.01. The third kappa shape index (κ3) is 4.05. The van der Waals surface area contributed by atoms with Crippen LogP contribution in [0, 0.1) is 17.8 Å². The summed E-state index contributed by atoms with van der Waals surface area (Å²) in [4.78, 5) is 0. The van der Waals surface area contributed by atoms with E-state index >= 15 is 0 Å². The van der Waals surface area contributed by atoms with Crippen molar-refractivity contribution in [1.29, 1.82) is 0 Å². The molecule has 0 heterocycles. The molecule has 52 valence electrons. The van der Waals surface area contributed by atoms with Crippen molar-refractivity contribution in [2.45, 2.75) is 26.7 Å². The molecule has 0 saturated carbocycles. The topological polar surface area (TPSA) is 26.0 Å². The molecule has 0 saturated heterocycles. The molecule has 0 unspecified atom stereocenters. The molecule has 2 N–H and O–H groups in total. The van der Waals surface area contributed by atoms with E-state index in [0.29, 0.717) is 0 Å². The highest BCUT2D eigenvalue weighted by Crippen LogP contribution is 2.22. The van der Waals surface area contributed by atoms with Gasteiger partial charge in [-0.25, -0.2) is 0 Å². The molecule has 0 aromatic rings. The Balaban J connectivity index is 3.59. The molecule has 0 aliphatic carbocycles. The van der Waals surface area contributed by atoms with Crippen molar-refractivity contribution in [3.63, 3.8) is 0 Å². The molecule has 0 aliphatic heterocycles. The van der Waals surface area contributed by atoms with Crippen molar-refractivity contribution in [3.05, 3.63) is 0 Å². The van der Waals surface area contributed by atoms with Crippen LogP contribution in [0.25, 0.3) is 0 Å². The fourth-order valence-corrected chi connectivity index (χ4v) is 0.755. The summed E-state index contributed by atoms with van der Waals surface area (Å²) in [7, 11) is 0. The van der Waals surface area contributed by atoms with Crippen molar-refractivity contribution in [3.8, 4) is 12.3 Å². The third-order valence-corrected chi connectivity index (χ3v) is 1.40. The summed E-state index contributed by atoms with van der Waals surface area (Å²) in [5, 5.41) is 0. The van der Waals surface area contributed by atoms with Crippen LogP contribution in [0.1, 0.15) is 26.7 Å². The lowest BCUT2D eigenvalue weighted by molar-refractivity contribution is 0.352. The normalized spacial score (nSPS) is 10.9. The minimum Gasteiger partial charge on any atom is -0.330 e. The van der Waals surface area contributed by atoms with E-state index in [1.807, 2.05) is 0 Å². The maximum absolute atomic E-state index is 5.38. The zero-order valence-electron chi connectivity index (χ0n) is 6.28. The minimum absolute atomic E-state index is 0.240. The SMILES string of the molecule is C#CCC(C)(C)CCN. The van der Waals surface area contributed by atoms with Gasteiger partial charge in [-0.05, 0) is 18.4 Å². The molecule has 1 nitrogen and oxygen atoms in total. The molecule has 0 spiro atoms. The Labute approximate surface area is 57.6 Å². The van der Waals surface area contributed by atoms with Crippen molar-refractivity contribution in [2.24, 2.45) is 11.1 Å². The number of terminal acetylenes is 1. The first-order valence-electron chi connectivity index (χ1n) is 3.26. The third-order valence-electron chi connectivity index (χ3n) is 1.40. The van der Waals surface area contributed by atoms with Crippen LogP contribution in [0.3, 0.4) is 0 Å². The Bertz CT molecular complexity index is 108. The van der Waals surface area contributed by atoms with E-state index in [-0.39, 0.29) is 5.41 Å². The van der Waals surface area contributed by atoms with Crippen molar-refractivity contribution >= 4 is 0 Å². The van der Waals surface area contributed by atoms with E-state index in [2.05, 4.69) is 19.8 Å². The number of rotatable bonds is 3. The Morgan fingerprint density at radius 1 is 1.56 bits per heavy atom.